The van der Waals surface area contributed by atoms with Crippen molar-refractivity contribution >= 4 is 60.7 Å². The van der Waals surface area contributed by atoms with Crippen LogP contribution in [0.5, 0.6) is 0 Å². The third kappa shape index (κ3) is 7.08. The summed E-state index contributed by atoms with van der Waals surface area (Å²) >= 11 is 0. The molecule has 13 aromatic rings. The van der Waals surface area contributed by atoms with Crippen LogP contribution in [0.15, 0.2) is 273 Å². The average molecular weight is 880 g/mol. The number of para-hydroxylation sites is 4. The molecule has 2 aromatic heterocycles. The van der Waals surface area contributed by atoms with Crippen molar-refractivity contribution in [1.29, 1.82) is 0 Å². The van der Waals surface area contributed by atoms with Gasteiger partial charge in [-0.3, -0.25) is 0 Å². The van der Waals surface area contributed by atoms with Gasteiger partial charge >= 0.3 is 0 Å². The molecule has 0 bridgehead atoms. The van der Waals surface area contributed by atoms with Gasteiger partial charge in [0.25, 0.3) is 0 Å². The first-order chi connectivity index (χ1) is 34.2. The number of fused-ring (bicyclic) bond motifs is 6. The zero-order chi connectivity index (χ0) is 45.7. The summed E-state index contributed by atoms with van der Waals surface area (Å²) in [4.78, 5) is 2.37. The topological polar surface area (TPSA) is 13.1 Å². The van der Waals surface area contributed by atoms with Crippen LogP contribution in [0.4, 0.5) is 17.1 Å². The van der Waals surface area contributed by atoms with Crippen molar-refractivity contribution < 1.29 is 0 Å². The maximum Gasteiger partial charge on any atom is 0.0541 e. The molecule has 0 N–H and O–H groups in total. The van der Waals surface area contributed by atoms with E-state index in [2.05, 4.69) is 287 Å². The van der Waals surface area contributed by atoms with Gasteiger partial charge in [0.1, 0.15) is 0 Å². The van der Waals surface area contributed by atoms with Crippen LogP contribution in [0.25, 0.3) is 99.5 Å². The number of nitrogens with zero attached hydrogens (tertiary/aromatic N) is 3. The molecule has 0 saturated carbocycles. The molecule has 324 valence electrons. The fraction of sp³-hybridized carbons (Fsp3) is 0. The summed E-state index contributed by atoms with van der Waals surface area (Å²) in [6.45, 7) is 0. The Kier molecular flexibility index (Phi) is 9.84. The van der Waals surface area contributed by atoms with Gasteiger partial charge in [-0.1, -0.05) is 182 Å². The van der Waals surface area contributed by atoms with E-state index in [1.165, 1.54) is 77.0 Å². The summed E-state index contributed by atoms with van der Waals surface area (Å²) in [7, 11) is 0. The molecule has 0 amide bonds. The highest BCUT2D eigenvalue weighted by Crippen LogP contribution is 2.42. The number of benzene rings is 11. The summed E-state index contributed by atoms with van der Waals surface area (Å²) in [5.74, 6) is 0. The van der Waals surface area contributed by atoms with Gasteiger partial charge in [0.05, 0.1) is 27.8 Å². The molecule has 0 saturated heterocycles. The lowest BCUT2D eigenvalue weighted by Gasteiger charge is -2.27. The van der Waals surface area contributed by atoms with Crippen molar-refractivity contribution in [1.82, 2.24) is 9.13 Å². The van der Waals surface area contributed by atoms with Gasteiger partial charge in [0.2, 0.25) is 0 Å². The van der Waals surface area contributed by atoms with E-state index in [0.717, 1.165) is 39.6 Å². The second-order valence-electron chi connectivity index (χ2n) is 17.7. The molecule has 69 heavy (non-hydrogen) atoms. The maximum atomic E-state index is 2.45. The Hall–Kier alpha value is -9.18. The Balaban J connectivity index is 0.917. The van der Waals surface area contributed by atoms with Gasteiger partial charge < -0.3 is 14.0 Å². The smallest absolute Gasteiger partial charge is 0.0541 e. The lowest BCUT2D eigenvalue weighted by molar-refractivity contribution is 1.18. The van der Waals surface area contributed by atoms with Gasteiger partial charge in [0, 0.05) is 49.9 Å². The van der Waals surface area contributed by atoms with E-state index in [-0.39, 0.29) is 0 Å². The van der Waals surface area contributed by atoms with Crippen LogP contribution in [0.3, 0.4) is 0 Å². The molecule has 0 radical (unpaired) electrons. The van der Waals surface area contributed by atoms with Crippen LogP contribution in [0, 0.1) is 0 Å². The van der Waals surface area contributed by atoms with E-state index in [0.29, 0.717) is 0 Å². The van der Waals surface area contributed by atoms with Crippen LogP contribution >= 0.6 is 0 Å². The maximum absolute atomic E-state index is 2.45. The number of hydrogen-bond donors (Lipinski definition) is 0. The minimum absolute atomic E-state index is 1.08. The Morgan fingerprint density at radius 1 is 0.232 bits per heavy atom. The predicted octanol–water partition coefficient (Wildman–Crippen LogP) is 18.0. The quantitative estimate of drug-likeness (QED) is 0.141. The van der Waals surface area contributed by atoms with E-state index in [4.69, 9.17) is 0 Å². The average Bonchev–Trinajstić information content (AvgIpc) is 3.94. The Morgan fingerprint density at radius 2 is 0.652 bits per heavy atom. The lowest BCUT2D eigenvalue weighted by atomic mass is 10.00. The fourth-order valence-electron chi connectivity index (χ4n) is 10.5. The largest absolute Gasteiger partial charge is 0.310 e. The Labute approximate surface area is 401 Å². The molecule has 3 heteroatoms. The van der Waals surface area contributed by atoms with Crippen LogP contribution < -0.4 is 4.90 Å². The van der Waals surface area contributed by atoms with E-state index in [1.54, 1.807) is 0 Å². The van der Waals surface area contributed by atoms with Gasteiger partial charge in [-0.15, -0.1) is 0 Å². The number of anilines is 3. The molecular formula is C66H45N3. The molecule has 0 atom stereocenters. The third-order valence-electron chi connectivity index (χ3n) is 13.7. The minimum atomic E-state index is 1.08. The molecule has 0 unspecified atom stereocenters. The van der Waals surface area contributed by atoms with Crippen molar-refractivity contribution in [2.75, 3.05) is 4.90 Å². The van der Waals surface area contributed by atoms with Crippen molar-refractivity contribution in [2.45, 2.75) is 0 Å². The van der Waals surface area contributed by atoms with Crippen molar-refractivity contribution in [3.8, 4) is 55.9 Å². The van der Waals surface area contributed by atoms with E-state index >= 15 is 0 Å². The van der Waals surface area contributed by atoms with E-state index in [9.17, 15) is 0 Å². The zero-order valence-electron chi connectivity index (χ0n) is 37.8. The summed E-state index contributed by atoms with van der Waals surface area (Å²) in [6, 6.07) is 99.1. The number of hydrogen-bond acceptors (Lipinski definition) is 1. The zero-order valence-corrected chi connectivity index (χ0v) is 37.8. The number of rotatable bonds is 9. The fourth-order valence-corrected chi connectivity index (χ4v) is 10.5. The van der Waals surface area contributed by atoms with Gasteiger partial charge in [-0.2, -0.15) is 0 Å². The molecule has 3 nitrogen and oxygen atoms in total. The van der Waals surface area contributed by atoms with Crippen LogP contribution in [-0.2, 0) is 0 Å². The molecule has 13 rings (SSSR count). The molecule has 0 aliphatic carbocycles. The summed E-state index contributed by atoms with van der Waals surface area (Å²) in [5, 5.41) is 4.95. The van der Waals surface area contributed by atoms with Crippen LogP contribution in [0.2, 0.25) is 0 Å². The monoisotopic (exact) mass is 879 g/mol. The first kappa shape index (κ1) is 40.1. The minimum Gasteiger partial charge on any atom is -0.310 e. The summed E-state index contributed by atoms with van der Waals surface area (Å²) in [5.41, 5.74) is 19.8. The molecule has 0 fully saturated rings. The SMILES string of the molecule is c1ccc(-c2ccc(N(c3ccc(-c4ccccc4)cc3)c3cccc(-c4ccccc4-n4c5ccccc5c5cc(-c6ccc7c(c6)c6ccccc6n7-c6ccccc6)ccc54)c3)cc2)cc1. The highest BCUT2D eigenvalue weighted by atomic mass is 15.1. The van der Waals surface area contributed by atoms with E-state index < -0.39 is 0 Å². The first-order valence-corrected chi connectivity index (χ1v) is 23.7. The Bertz CT molecular complexity index is 3900. The first-order valence-electron chi connectivity index (χ1n) is 23.7. The van der Waals surface area contributed by atoms with E-state index in [1.807, 2.05) is 0 Å². The van der Waals surface area contributed by atoms with Crippen LogP contribution in [0.1, 0.15) is 0 Å². The predicted molar refractivity (Wildman–Crippen MR) is 292 cm³/mol. The highest BCUT2D eigenvalue weighted by molar-refractivity contribution is 6.13. The second-order valence-corrected chi connectivity index (χ2v) is 17.7. The normalized spacial score (nSPS) is 11.5. The van der Waals surface area contributed by atoms with Gasteiger partial charge in [0.15, 0.2) is 0 Å². The van der Waals surface area contributed by atoms with Gasteiger partial charge in [-0.05, 0) is 130 Å². The molecular weight excluding hydrogens is 835 g/mol. The molecule has 0 aliphatic heterocycles. The highest BCUT2D eigenvalue weighted by Gasteiger charge is 2.20. The molecule has 0 spiro atoms. The number of aromatic nitrogens is 2. The summed E-state index contributed by atoms with van der Waals surface area (Å²) in [6.07, 6.45) is 0. The second kappa shape index (κ2) is 16.9. The van der Waals surface area contributed by atoms with Gasteiger partial charge in [-0.25, -0.2) is 0 Å². The van der Waals surface area contributed by atoms with Crippen molar-refractivity contribution in [3.63, 3.8) is 0 Å². The van der Waals surface area contributed by atoms with Crippen molar-refractivity contribution in [3.05, 3.63) is 273 Å². The summed E-state index contributed by atoms with van der Waals surface area (Å²) < 4.78 is 4.83. The standard InChI is InChI=1S/C66H45N3/c1-4-17-46(18-5-1)48-31-37-54(38-32-48)67(55-39-33-49(34-40-55)47-19-6-2-7-20-47)56-24-16-21-52(43-56)57-25-10-13-28-62(57)69-64-30-15-12-27-59(64)61-45-51(36-42-66(61)69)50-35-41-65-60(44-50)58-26-11-14-29-63(58)68(65)53-22-8-3-9-23-53/h1-45H. The molecule has 0 aliphatic rings. The molecule has 11 aromatic carbocycles. The Morgan fingerprint density at radius 3 is 1.23 bits per heavy atom. The van der Waals surface area contributed by atoms with Crippen LogP contribution in [-0.4, -0.2) is 9.13 Å². The third-order valence-corrected chi connectivity index (χ3v) is 13.7. The lowest BCUT2D eigenvalue weighted by Crippen LogP contribution is -2.10. The van der Waals surface area contributed by atoms with Crippen molar-refractivity contribution in [2.24, 2.45) is 0 Å². The molecule has 2 heterocycles.